The monoisotopic (exact) mass is 521 g/mol. The maximum Gasteiger partial charge on any atom is 0.333 e. The fourth-order valence-corrected chi connectivity index (χ4v) is 3.85. The predicted molar refractivity (Wildman–Crippen MR) is 137 cm³/mol. The van der Waals surface area contributed by atoms with Gasteiger partial charge in [-0.15, -0.1) is 0 Å². The first-order chi connectivity index (χ1) is 16.2. The van der Waals surface area contributed by atoms with Crippen LogP contribution in [-0.4, -0.2) is 20.4 Å². The summed E-state index contributed by atoms with van der Waals surface area (Å²) in [5.41, 5.74) is 0.605. The van der Waals surface area contributed by atoms with Gasteiger partial charge in [0.05, 0.1) is 14.9 Å². The van der Waals surface area contributed by atoms with Gasteiger partial charge < -0.3 is 10.6 Å². The molecule has 3 rings (SSSR count). The Morgan fingerprint density at radius 1 is 0.794 bits per heavy atom. The van der Waals surface area contributed by atoms with Crippen LogP contribution in [0, 0.1) is 0 Å². The van der Waals surface area contributed by atoms with E-state index in [-0.39, 0.29) is 21.5 Å². The van der Waals surface area contributed by atoms with Crippen molar-refractivity contribution in [1.82, 2.24) is 4.72 Å². The Hall–Kier alpha value is -3.07. The maximum absolute atomic E-state index is 12.4. The molecule has 0 fully saturated rings. The SMILES string of the molecule is CCCCC(=O)Nc1cccc(S(=O)(=O)NC(=O)Nc2ccc(Cl)c(Cl)c2)c1.c1ccccc1. The molecule has 0 aliphatic carbocycles. The Kier molecular flexibility index (Phi) is 10.9. The number of sulfonamides is 1. The van der Waals surface area contributed by atoms with E-state index < -0.39 is 16.1 Å². The third-order valence-electron chi connectivity index (χ3n) is 4.26. The predicted octanol–water partition coefficient (Wildman–Crippen LogP) is 6.32. The molecule has 0 aliphatic heterocycles. The second-order valence-electron chi connectivity index (χ2n) is 7.02. The number of benzene rings is 3. The van der Waals surface area contributed by atoms with Crippen LogP contribution in [0.2, 0.25) is 10.0 Å². The topological polar surface area (TPSA) is 104 Å². The lowest BCUT2D eigenvalue weighted by Crippen LogP contribution is -2.34. The van der Waals surface area contributed by atoms with Crippen molar-refractivity contribution in [2.75, 3.05) is 10.6 Å². The molecule has 0 bridgehead atoms. The van der Waals surface area contributed by atoms with Gasteiger partial charge in [-0.3, -0.25) is 4.79 Å². The van der Waals surface area contributed by atoms with Crippen molar-refractivity contribution in [1.29, 1.82) is 0 Å². The highest BCUT2D eigenvalue weighted by molar-refractivity contribution is 7.90. The Morgan fingerprint density at radius 3 is 2.00 bits per heavy atom. The number of rotatable bonds is 7. The molecule has 0 spiro atoms. The van der Waals surface area contributed by atoms with E-state index in [0.717, 1.165) is 12.8 Å². The van der Waals surface area contributed by atoms with Crippen LogP contribution in [0.5, 0.6) is 0 Å². The summed E-state index contributed by atoms with van der Waals surface area (Å²) in [7, 11) is -4.15. The molecule has 0 saturated carbocycles. The van der Waals surface area contributed by atoms with Gasteiger partial charge in [0, 0.05) is 17.8 Å². The van der Waals surface area contributed by atoms with Crippen LogP contribution in [0.25, 0.3) is 0 Å². The number of urea groups is 1. The van der Waals surface area contributed by atoms with Gasteiger partial charge in [-0.05, 0) is 42.8 Å². The fourth-order valence-electron chi connectivity index (χ4n) is 2.60. The zero-order valence-electron chi connectivity index (χ0n) is 18.4. The number of unbranched alkanes of at least 4 members (excludes halogenated alkanes) is 1. The number of nitrogens with one attached hydrogen (secondary N) is 3. The summed E-state index contributed by atoms with van der Waals surface area (Å²) in [4.78, 5) is 23.7. The van der Waals surface area contributed by atoms with Crippen molar-refractivity contribution >= 4 is 56.5 Å². The van der Waals surface area contributed by atoms with Gasteiger partial charge in [0.1, 0.15) is 0 Å². The molecular formula is C24H25Cl2N3O4S. The molecule has 180 valence electrons. The molecule has 0 heterocycles. The third-order valence-corrected chi connectivity index (χ3v) is 6.32. The molecule has 0 aromatic heterocycles. The van der Waals surface area contributed by atoms with Crippen LogP contribution in [0.4, 0.5) is 16.2 Å². The molecule has 0 aliphatic rings. The van der Waals surface area contributed by atoms with Crippen molar-refractivity contribution in [3.63, 3.8) is 0 Å². The van der Waals surface area contributed by atoms with Gasteiger partial charge in [0.15, 0.2) is 0 Å². The minimum atomic E-state index is -4.15. The van der Waals surface area contributed by atoms with Crippen molar-refractivity contribution in [3.8, 4) is 0 Å². The normalized spacial score (nSPS) is 10.4. The number of carbonyl (C=O) groups is 2. The van der Waals surface area contributed by atoms with E-state index in [1.807, 2.05) is 48.0 Å². The molecule has 10 heteroatoms. The molecule has 3 N–H and O–H groups in total. The molecule has 3 aromatic carbocycles. The van der Waals surface area contributed by atoms with Gasteiger partial charge >= 0.3 is 6.03 Å². The zero-order valence-corrected chi connectivity index (χ0v) is 20.8. The van der Waals surface area contributed by atoms with Crippen molar-refractivity contribution in [3.05, 3.63) is 88.9 Å². The van der Waals surface area contributed by atoms with Gasteiger partial charge in [-0.25, -0.2) is 17.9 Å². The Balaban J connectivity index is 0.000000589. The van der Waals surface area contributed by atoms with E-state index in [4.69, 9.17) is 23.2 Å². The molecule has 0 atom stereocenters. The summed E-state index contributed by atoms with van der Waals surface area (Å²) >= 11 is 11.7. The second kappa shape index (κ2) is 13.6. The summed E-state index contributed by atoms with van der Waals surface area (Å²) in [6.45, 7) is 1.97. The van der Waals surface area contributed by atoms with Crippen molar-refractivity contribution in [2.45, 2.75) is 31.1 Å². The van der Waals surface area contributed by atoms with E-state index in [2.05, 4.69) is 10.6 Å². The van der Waals surface area contributed by atoms with Gasteiger partial charge in [-0.1, -0.05) is 79.0 Å². The largest absolute Gasteiger partial charge is 0.333 e. The Labute approximate surface area is 209 Å². The first-order valence-electron chi connectivity index (χ1n) is 10.4. The molecule has 0 saturated heterocycles. The Bertz CT molecular complexity index is 1180. The number of hydrogen-bond donors (Lipinski definition) is 3. The fraction of sp³-hybridized carbons (Fsp3) is 0.167. The van der Waals surface area contributed by atoms with Crippen molar-refractivity contribution in [2.24, 2.45) is 0 Å². The second-order valence-corrected chi connectivity index (χ2v) is 9.52. The average Bonchev–Trinajstić information content (AvgIpc) is 2.81. The zero-order chi connectivity index (χ0) is 25.0. The van der Waals surface area contributed by atoms with Crippen LogP contribution in [0.15, 0.2) is 83.8 Å². The van der Waals surface area contributed by atoms with E-state index in [0.29, 0.717) is 17.1 Å². The minimum absolute atomic E-state index is 0.162. The van der Waals surface area contributed by atoms with Crippen molar-refractivity contribution < 1.29 is 18.0 Å². The number of anilines is 2. The van der Waals surface area contributed by atoms with E-state index in [1.54, 1.807) is 6.07 Å². The number of carbonyl (C=O) groups excluding carboxylic acids is 2. The molecule has 34 heavy (non-hydrogen) atoms. The lowest BCUT2D eigenvalue weighted by atomic mass is 10.2. The van der Waals surface area contributed by atoms with Crippen LogP contribution in [0.1, 0.15) is 26.2 Å². The van der Waals surface area contributed by atoms with Crippen LogP contribution in [-0.2, 0) is 14.8 Å². The highest BCUT2D eigenvalue weighted by Crippen LogP contribution is 2.25. The number of amides is 3. The number of halogens is 2. The lowest BCUT2D eigenvalue weighted by molar-refractivity contribution is -0.116. The van der Waals surface area contributed by atoms with Gasteiger partial charge in [0.25, 0.3) is 10.0 Å². The van der Waals surface area contributed by atoms with Crippen LogP contribution < -0.4 is 15.4 Å². The van der Waals surface area contributed by atoms with Gasteiger partial charge in [0.2, 0.25) is 5.91 Å². The maximum atomic E-state index is 12.4. The van der Waals surface area contributed by atoms with Gasteiger partial charge in [-0.2, -0.15) is 0 Å². The quantitative estimate of drug-likeness (QED) is 0.338. The summed E-state index contributed by atoms with van der Waals surface area (Å²) in [5.74, 6) is -0.207. The first kappa shape index (κ1) is 27.2. The lowest BCUT2D eigenvalue weighted by Gasteiger charge is -2.11. The Morgan fingerprint density at radius 2 is 1.41 bits per heavy atom. The molecular weight excluding hydrogens is 497 g/mol. The van der Waals surface area contributed by atoms with E-state index in [9.17, 15) is 18.0 Å². The summed E-state index contributed by atoms with van der Waals surface area (Å²) < 4.78 is 26.8. The highest BCUT2D eigenvalue weighted by Gasteiger charge is 2.18. The molecule has 7 nitrogen and oxygen atoms in total. The molecule has 0 unspecified atom stereocenters. The summed E-state index contributed by atoms with van der Waals surface area (Å²) in [6, 6.07) is 21.0. The molecule has 3 amide bonds. The summed E-state index contributed by atoms with van der Waals surface area (Å²) in [5, 5.41) is 5.52. The highest BCUT2D eigenvalue weighted by atomic mass is 35.5. The first-order valence-corrected chi connectivity index (χ1v) is 12.6. The minimum Gasteiger partial charge on any atom is -0.326 e. The smallest absolute Gasteiger partial charge is 0.326 e. The average molecular weight is 522 g/mol. The molecule has 3 aromatic rings. The van der Waals surface area contributed by atoms with Crippen LogP contribution in [0.3, 0.4) is 0 Å². The third kappa shape index (κ3) is 9.43. The summed E-state index contributed by atoms with van der Waals surface area (Å²) in [6.07, 6.45) is 1.96. The molecule has 0 radical (unpaired) electrons. The standard InChI is InChI=1S/C18H19Cl2N3O4S.C6H6/c1-2-3-7-17(24)21-12-5-4-6-14(10-12)28(26,27)23-18(25)22-13-8-9-15(19)16(20)11-13;1-2-4-6-5-3-1/h4-6,8-11H,2-3,7H2,1H3,(H,21,24)(H2,22,23,25);1-6H. The van der Waals surface area contributed by atoms with Crippen LogP contribution >= 0.6 is 23.2 Å². The van der Waals surface area contributed by atoms with E-state index in [1.165, 1.54) is 36.4 Å². The number of hydrogen-bond acceptors (Lipinski definition) is 4. The van der Waals surface area contributed by atoms with E-state index >= 15 is 0 Å².